The number of esters is 1. The van der Waals surface area contributed by atoms with Crippen LogP contribution in [0.3, 0.4) is 0 Å². The number of benzene rings is 2. The molecule has 0 fully saturated rings. The highest BCUT2D eigenvalue weighted by Crippen LogP contribution is 2.39. The molecule has 26 heavy (non-hydrogen) atoms. The van der Waals surface area contributed by atoms with E-state index < -0.39 is 5.97 Å². The van der Waals surface area contributed by atoms with Crippen molar-refractivity contribution in [1.82, 2.24) is 0 Å². The van der Waals surface area contributed by atoms with Gasteiger partial charge < -0.3 is 29.6 Å². The van der Waals surface area contributed by atoms with E-state index in [0.717, 1.165) is 5.69 Å². The van der Waals surface area contributed by atoms with Crippen molar-refractivity contribution in [3.8, 4) is 17.2 Å². The first-order valence-corrected chi connectivity index (χ1v) is 7.99. The van der Waals surface area contributed by atoms with Crippen molar-refractivity contribution >= 4 is 34.7 Å². The molecule has 2 aromatic carbocycles. The largest absolute Gasteiger partial charge is 0.493 e. The van der Waals surface area contributed by atoms with E-state index in [4.69, 9.17) is 26.4 Å². The second kappa shape index (κ2) is 8.91. The van der Waals surface area contributed by atoms with Crippen LogP contribution in [0.1, 0.15) is 10.4 Å². The summed E-state index contributed by atoms with van der Waals surface area (Å²) in [4.78, 5) is 11.4. The van der Waals surface area contributed by atoms with Gasteiger partial charge in [0.25, 0.3) is 0 Å². The van der Waals surface area contributed by atoms with E-state index in [1.54, 1.807) is 50.6 Å². The summed E-state index contributed by atoms with van der Waals surface area (Å²) >= 11 is 5.32. The molecule has 7 nitrogen and oxygen atoms in total. The fraction of sp³-hybridized carbons (Fsp3) is 0.222. The monoisotopic (exact) mass is 376 g/mol. The number of ether oxygens (including phenoxy) is 4. The Labute approximate surface area is 157 Å². The van der Waals surface area contributed by atoms with Crippen LogP contribution in [0.2, 0.25) is 0 Å². The van der Waals surface area contributed by atoms with Gasteiger partial charge in [0, 0.05) is 23.5 Å². The Bertz CT molecular complexity index is 768. The molecule has 2 rings (SSSR count). The van der Waals surface area contributed by atoms with Gasteiger partial charge >= 0.3 is 5.97 Å². The van der Waals surface area contributed by atoms with Gasteiger partial charge in [-0.1, -0.05) is 0 Å². The molecular weight excluding hydrogens is 356 g/mol. The zero-order valence-electron chi connectivity index (χ0n) is 14.9. The summed E-state index contributed by atoms with van der Waals surface area (Å²) in [5.74, 6) is 1.13. The average Bonchev–Trinajstić information content (AvgIpc) is 2.66. The molecule has 0 aromatic heterocycles. The molecule has 0 spiro atoms. The van der Waals surface area contributed by atoms with E-state index in [1.165, 1.54) is 14.2 Å². The number of thiocarbonyl (C=S) groups is 1. The minimum absolute atomic E-state index is 0.366. The molecule has 8 heteroatoms. The van der Waals surface area contributed by atoms with Gasteiger partial charge in [-0.2, -0.15) is 0 Å². The molecule has 2 N–H and O–H groups in total. The number of anilines is 2. The lowest BCUT2D eigenvalue weighted by Crippen LogP contribution is -2.19. The Kier molecular flexibility index (Phi) is 6.62. The minimum Gasteiger partial charge on any atom is -0.493 e. The fourth-order valence-corrected chi connectivity index (χ4v) is 2.49. The SMILES string of the molecule is COC(=O)c1ccc(NC(=S)Nc2cc(OC)c(OC)c(OC)c2)cc1. The predicted octanol–water partition coefficient (Wildman–Crippen LogP) is 3.31. The third kappa shape index (κ3) is 4.54. The number of hydrogen-bond donors (Lipinski definition) is 2. The van der Waals surface area contributed by atoms with Crippen LogP contribution in [0.5, 0.6) is 17.2 Å². The van der Waals surface area contributed by atoms with E-state index in [1.807, 2.05) is 0 Å². The maximum absolute atomic E-state index is 11.4. The minimum atomic E-state index is -0.394. The maximum Gasteiger partial charge on any atom is 0.337 e. The van der Waals surface area contributed by atoms with Gasteiger partial charge in [0.2, 0.25) is 5.75 Å². The van der Waals surface area contributed by atoms with Crippen molar-refractivity contribution in [2.45, 2.75) is 0 Å². The van der Waals surface area contributed by atoms with Gasteiger partial charge in [0.1, 0.15) is 0 Å². The van der Waals surface area contributed by atoms with Gasteiger partial charge in [-0.05, 0) is 36.5 Å². The number of carbonyl (C=O) groups is 1. The summed E-state index contributed by atoms with van der Waals surface area (Å²) in [5.41, 5.74) is 1.85. The molecule has 0 radical (unpaired) electrons. The van der Waals surface area contributed by atoms with Crippen LogP contribution in [0, 0.1) is 0 Å². The summed E-state index contributed by atoms with van der Waals surface area (Å²) in [6, 6.07) is 10.3. The fourth-order valence-electron chi connectivity index (χ4n) is 2.25. The lowest BCUT2D eigenvalue weighted by atomic mass is 10.2. The van der Waals surface area contributed by atoms with E-state index in [0.29, 0.717) is 33.6 Å². The van der Waals surface area contributed by atoms with Crippen molar-refractivity contribution < 1.29 is 23.7 Å². The number of rotatable bonds is 6. The molecule has 0 saturated heterocycles. The highest BCUT2D eigenvalue weighted by Gasteiger charge is 2.14. The quantitative estimate of drug-likeness (QED) is 0.587. The summed E-state index contributed by atoms with van der Waals surface area (Å²) < 4.78 is 20.6. The van der Waals surface area contributed by atoms with E-state index in [9.17, 15) is 4.79 Å². The Hall–Kier alpha value is -3.00. The lowest BCUT2D eigenvalue weighted by molar-refractivity contribution is 0.0601. The van der Waals surface area contributed by atoms with Gasteiger partial charge in [0.15, 0.2) is 16.6 Å². The number of hydrogen-bond acceptors (Lipinski definition) is 6. The lowest BCUT2D eigenvalue weighted by Gasteiger charge is -2.16. The molecule has 0 aliphatic carbocycles. The molecule has 0 amide bonds. The molecule has 0 heterocycles. The van der Waals surface area contributed by atoms with Crippen molar-refractivity contribution in [1.29, 1.82) is 0 Å². The number of nitrogens with one attached hydrogen (secondary N) is 2. The van der Waals surface area contributed by atoms with Gasteiger partial charge in [-0.3, -0.25) is 0 Å². The zero-order valence-corrected chi connectivity index (χ0v) is 15.7. The van der Waals surface area contributed by atoms with Crippen molar-refractivity contribution in [2.75, 3.05) is 39.1 Å². The topological polar surface area (TPSA) is 78.1 Å². The Morgan fingerprint density at radius 2 is 1.38 bits per heavy atom. The standard InChI is InChI=1S/C18H20N2O5S/c1-22-14-9-13(10-15(23-2)16(14)24-3)20-18(26)19-12-7-5-11(6-8-12)17(21)25-4/h5-10H,1-4H3,(H2,19,20,26). The highest BCUT2D eigenvalue weighted by molar-refractivity contribution is 7.80. The Morgan fingerprint density at radius 1 is 0.846 bits per heavy atom. The van der Waals surface area contributed by atoms with Crippen LogP contribution in [0.25, 0.3) is 0 Å². The van der Waals surface area contributed by atoms with Crippen LogP contribution in [-0.4, -0.2) is 39.5 Å². The number of carbonyl (C=O) groups excluding carboxylic acids is 1. The van der Waals surface area contributed by atoms with E-state index in [2.05, 4.69) is 15.4 Å². The highest BCUT2D eigenvalue weighted by atomic mass is 32.1. The van der Waals surface area contributed by atoms with E-state index >= 15 is 0 Å². The predicted molar refractivity (Wildman–Crippen MR) is 104 cm³/mol. The first-order valence-electron chi connectivity index (χ1n) is 7.58. The second-order valence-corrected chi connectivity index (χ2v) is 5.47. The van der Waals surface area contributed by atoms with Gasteiger partial charge in [-0.25, -0.2) is 4.79 Å². The van der Waals surface area contributed by atoms with Crippen LogP contribution in [0.4, 0.5) is 11.4 Å². The third-order valence-electron chi connectivity index (χ3n) is 3.49. The summed E-state index contributed by atoms with van der Waals surface area (Å²) in [7, 11) is 5.96. The summed E-state index contributed by atoms with van der Waals surface area (Å²) in [6.45, 7) is 0. The molecule has 0 bridgehead atoms. The molecule has 0 atom stereocenters. The Balaban J connectivity index is 2.11. The van der Waals surface area contributed by atoms with Crippen molar-refractivity contribution in [3.63, 3.8) is 0 Å². The molecule has 0 aliphatic rings. The average molecular weight is 376 g/mol. The first kappa shape index (κ1) is 19.3. The van der Waals surface area contributed by atoms with Crippen LogP contribution in [-0.2, 0) is 4.74 Å². The molecule has 0 aliphatic heterocycles. The Morgan fingerprint density at radius 3 is 1.85 bits per heavy atom. The van der Waals surface area contributed by atoms with Crippen molar-refractivity contribution in [3.05, 3.63) is 42.0 Å². The smallest absolute Gasteiger partial charge is 0.337 e. The van der Waals surface area contributed by atoms with Gasteiger partial charge in [0.05, 0.1) is 34.0 Å². The van der Waals surface area contributed by atoms with Crippen LogP contribution >= 0.6 is 12.2 Å². The third-order valence-corrected chi connectivity index (χ3v) is 3.69. The van der Waals surface area contributed by atoms with Gasteiger partial charge in [-0.15, -0.1) is 0 Å². The van der Waals surface area contributed by atoms with E-state index in [-0.39, 0.29) is 0 Å². The zero-order chi connectivity index (χ0) is 19.1. The maximum atomic E-state index is 11.4. The summed E-state index contributed by atoms with van der Waals surface area (Å²) in [6.07, 6.45) is 0. The summed E-state index contributed by atoms with van der Waals surface area (Å²) in [5, 5.41) is 6.45. The molecule has 0 saturated carbocycles. The number of methoxy groups -OCH3 is 4. The van der Waals surface area contributed by atoms with Crippen LogP contribution in [0.15, 0.2) is 36.4 Å². The van der Waals surface area contributed by atoms with Crippen LogP contribution < -0.4 is 24.8 Å². The van der Waals surface area contributed by atoms with Crippen molar-refractivity contribution in [2.24, 2.45) is 0 Å². The first-order chi connectivity index (χ1) is 12.5. The molecule has 0 unspecified atom stereocenters. The molecule has 138 valence electrons. The normalized spacial score (nSPS) is 9.85. The molecule has 2 aromatic rings. The molecular formula is C18H20N2O5S. The second-order valence-electron chi connectivity index (χ2n) is 5.06.